The quantitative estimate of drug-likeness (QED) is 0.0927. The van der Waals surface area contributed by atoms with Crippen LogP contribution in [0.2, 0.25) is 0 Å². The summed E-state index contributed by atoms with van der Waals surface area (Å²) in [7, 11) is 0. The number of amides is 3. The normalized spacial score (nSPS) is 17.0. The van der Waals surface area contributed by atoms with Crippen LogP contribution in [0.25, 0.3) is 0 Å². The first kappa shape index (κ1) is 26.8. The molecule has 13 nitrogen and oxygen atoms in total. The minimum absolute atomic E-state index is 0.0225. The van der Waals surface area contributed by atoms with Crippen LogP contribution in [0.1, 0.15) is 49.4 Å². The average molecular weight is 480 g/mol. The number of nitrogens with two attached hydrogens (primary N) is 1. The number of hydrazine groups is 1. The van der Waals surface area contributed by atoms with Crippen molar-refractivity contribution >= 4 is 17.7 Å². The van der Waals surface area contributed by atoms with Gasteiger partial charge in [0.05, 0.1) is 5.56 Å². The number of phenols is 1. The molecular formula is C21H33N7O6. The second-order valence-electron chi connectivity index (χ2n) is 7.98. The van der Waals surface area contributed by atoms with Gasteiger partial charge in [-0.15, -0.1) is 5.43 Å². The molecule has 188 valence electrons. The lowest BCUT2D eigenvalue weighted by Gasteiger charge is -2.29. The standard InChI is InChI=1S/C21H33N7O6/c1-2-11-23-19(31)16-9-6-13-27(16)20(32)15(8-5-12-24-21(22)26-28(33)34)25-18(30)14-7-3-4-10-17(14)29/h3-4,7,10,15-16,21,24,26,29H,2,5-6,8-9,11-13,22H2,1H3,(H,23,31)(H,25,30). The molecule has 1 heterocycles. The van der Waals surface area contributed by atoms with Crippen LogP contribution in [-0.2, 0) is 9.59 Å². The van der Waals surface area contributed by atoms with Gasteiger partial charge in [-0.25, -0.2) is 10.1 Å². The molecule has 0 aromatic heterocycles. The molecule has 13 heteroatoms. The van der Waals surface area contributed by atoms with Crippen molar-refractivity contribution in [2.24, 2.45) is 5.73 Å². The Labute approximate surface area is 197 Å². The second kappa shape index (κ2) is 13.3. The fourth-order valence-electron chi connectivity index (χ4n) is 3.75. The van der Waals surface area contributed by atoms with E-state index in [0.29, 0.717) is 32.4 Å². The lowest BCUT2D eigenvalue weighted by atomic mass is 10.1. The summed E-state index contributed by atoms with van der Waals surface area (Å²) in [5.41, 5.74) is 7.42. The zero-order chi connectivity index (χ0) is 25.1. The van der Waals surface area contributed by atoms with E-state index in [0.717, 1.165) is 6.42 Å². The number of hydrogen-bond donors (Lipinski definition) is 6. The van der Waals surface area contributed by atoms with Crippen LogP contribution in [0.5, 0.6) is 5.75 Å². The van der Waals surface area contributed by atoms with Gasteiger partial charge < -0.3 is 20.6 Å². The van der Waals surface area contributed by atoms with Crippen LogP contribution in [0.3, 0.4) is 0 Å². The lowest BCUT2D eigenvalue weighted by Crippen LogP contribution is -2.54. The molecular weight excluding hydrogens is 446 g/mol. The Morgan fingerprint density at radius 2 is 2.03 bits per heavy atom. The molecule has 1 fully saturated rings. The van der Waals surface area contributed by atoms with E-state index in [9.17, 15) is 29.6 Å². The number of nitrogens with one attached hydrogen (secondary N) is 4. The van der Waals surface area contributed by atoms with Crippen LogP contribution in [-0.4, -0.2) is 70.8 Å². The van der Waals surface area contributed by atoms with Gasteiger partial charge in [-0.05, 0) is 50.8 Å². The van der Waals surface area contributed by atoms with E-state index in [1.165, 1.54) is 17.0 Å². The third-order valence-electron chi connectivity index (χ3n) is 5.42. The van der Waals surface area contributed by atoms with Gasteiger partial charge in [0, 0.05) is 13.1 Å². The number of aromatic hydroxyl groups is 1. The summed E-state index contributed by atoms with van der Waals surface area (Å²) in [6, 6.07) is 4.40. The number of phenolic OH excluding ortho intramolecular Hbond substituents is 1. The summed E-state index contributed by atoms with van der Waals surface area (Å²) in [6.45, 7) is 3.07. The van der Waals surface area contributed by atoms with Gasteiger partial charge in [0.1, 0.15) is 17.8 Å². The maximum absolute atomic E-state index is 13.4. The van der Waals surface area contributed by atoms with Gasteiger partial charge in [-0.2, -0.15) is 0 Å². The predicted octanol–water partition coefficient (Wildman–Crippen LogP) is -0.599. The van der Waals surface area contributed by atoms with Crippen LogP contribution in [0.4, 0.5) is 0 Å². The van der Waals surface area contributed by atoms with Crippen molar-refractivity contribution in [3.8, 4) is 5.75 Å². The summed E-state index contributed by atoms with van der Waals surface area (Å²) in [4.78, 5) is 50.6. The van der Waals surface area contributed by atoms with Crippen LogP contribution in [0.15, 0.2) is 24.3 Å². The summed E-state index contributed by atoms with van der Waals surface area (Å²) in [6.07, 6.45) is 1.43. The third kappa shape index (κ3) is 7.85. The van der Waals surface area contributed by atoms with Crippen molar-refractivity contribution in [2.45, 2.75) is 57.4 Å². The molecule has 3 amide bonds. The lowest BCUT2D eigenvalue weighted by molar-refractivity contribution is -0.552. The molecule has 3 atom stereocenters. The van der Waals surface area contributed by atoms with E-state index < -0.39 is 35.2 Å². The molecule has 0 radical (unpaired) electrons. The van der Waals surface area contributed by atoms with E-state index in [4.69, 9.17) is 5.73 Å². The van der Waals surface area contributed by atoms with Gasteiger partial charge in [-0.1, -0.05) is 19.1 Å². The number of rotatable bonds is 13. The Kier molecular flexibility index (Phi) is 10.5. The Morgan fingerprint density at radius 1 is 1.29 bits per heavy atom. The fourth-order valence-corrected chi connectivity index (χ4v) is 3.75. The van der Waals surface area contributed by atoms with Crippen molar-refractivity contribution in [3.63, 3.8) is 0 Å². The van der Waals surface area contributed by atoms with Crippen molar-refractivity contribution in [1.82, 2.24) is 26.3 Å². The first-order valence-electron chi connectivity index (χ1n) is 11.3. The number of carbonyl (C=O) groups is 3. The number of benzene rings is 1. The SMILES string of the molecule is CCCNC(=O)C1CCCN1C(=O)C(CCCNC(N)N[N+](=O)[O-])NC(=O)c1ccccc1O. The first-order valence-corrected chi connectivity index (χ1v) is 11.3. The molecule has 0 aliphatic carbocycles. The number of nitro groups is 1. The highest BCUT2D eigenvalue weighted by atomic mass is 16.7. The average Bonchev–Trinajstić information content (AvgIpc) is 3.28. The van der Waals surface area contributed by atoms with Crippen molar-refractivity contribution in [1.29, 1.82) is 0 Å². The molecule has 1 aromatic carbocycles. The van der Waals surface area contributed by atoms with E-state index in [2.05, 4.69) is 16.0 Å². The number of carbonyl (C=O) groups excluding carboxylic acids is 3. The maximum atomic E-state index is 13.4. The number of hydrogen-bond acceptors (Lipinski definition) is 8. The molecule has 0 spiro atoms. The molecule has 1 saturated heterocycles. The van der Waals surface area contributed by atoms with Crippen molar-refractivity contribution in [3.05, 3.63) is 39.9 Å². The molecule has 0 bridgehead atoms. The van der Waals surface area contributed by atoms with E-state index >= 15 is 0 Å². The molecule has 2 rings (SSSR count). The van der Waals surface area contributed by atoms with E-state index in [1.807, 2.05) is 12.3 Å². The fraction of sp³-hybridized carbons (Fsp3) is 0.571. The Balaban J connectivity index is 2.09. The number of nitrogens with zero attached hydrogens (tertiary/aromatic N) is 2. The molecule has 3 unspecified atom stereocenters. The summed E-state index contributed by atoms with van der Waals surface area (Å²) >= 11 is 0. The molecule has 1 aromatic rings. The van der Waals surface area contributed by atoms with Gasteiger partial charge in [0.15, 0.2) is 11.3 Å². The largest absolute Gasteiger partial charge is 0.507 e. The molecule has 1 aliphatic rings. The Hall–Kier alpha value is -3.45. The van der Waals surface area contributed by atoms with Gasteiger partial charge >= 0.3 is 0 Å². The van der Waals surface area contributed by atoms with Crippen molar-refractivity contribution in [2.75, 3.05) is 19.6 Å². The third-order valence-corrected chi connectivity index (χ3v) is 5.42. The highest BCUT2D eigenvalue weighted by Gasteiger charge is 2.37. The molecule has 34 heavy (non-hydrogen) atoms. The highest BCUT2D eigenvalue weighted by Crippen LogP contribution is 2.21. The summed E-state index contributed by atoms with van der Waals surface area (Å²) in [5, 5.41) is 27.9. The maximum Gasteiger partial charge on any atom is 0.255 e. The topological polar surface area (TPSA) is 192 Å². The smallest absolute Gasteiger partial charge is 0.255 e. The summed E-state index contributed by atoms with van der Waals surface area (Å²) < 4.78 is 0. The van der Waals surface area contributed by atoms with Gasteiger partial charge in [-0.3, -0.25) is 25.4 Å². The zero-order valence-electron chi connectivity index (χ0n) is 19.2. The zero-order valence-corrected chi connectivity index (χ0v) is 19.2. The minimum atomic E-state index is -1.08. The first-order chi connectivity index (χ1) is 16.2. The van der Waals surface area contributed by atoms with E-state index in [1.54, 1.807) is 12.1 Å². The second-order valence-corrected chi connectivity index (χ2v) is 7.98. The Bertz CT molecular complexity index is 868. The number of likely N-dealkylation sites (tertiary alicyclic amines) is 1. The van der Waals surface area contributed by atoms with Crippen LogP contribution in [0, 0.1) is 10.1 Å². The predicted molar refractivity (Wildman–Crippen MR) is 123 cm³/mol. The minimum Gasteiger partial charge on any atom is -0.507 e. The van der Waals surface area contributed by atoms with E-state index in [-0.39, 0.29) is 30.2 Å². The summed E-state index contributed by atoms with van der Waals surface area (Å²) in [5.74, 6) is -1.47. The molecule has 7 N–H and O–H groups in total. The van der Waals surface area contributed by atoms with Crippen LogP contribution >= 0.6 is 0 Å². The Morgan fingerprint density at radius 3 is 2.71 bits per heavy atom. The number of para-hydroxylation sites is 1. The monoisotopic (exact) mass is 479 g/mol. The van der Waals surface area contributed by atoms with Crippen LogP contribution < -0.4 is 27.1 Å². The highest BCUT2D eigenvalue weighted by molar-refractivity contribution is 6.00. The molecule has 1 aliphatic heterocycles. The van der Waals surface area contributed by atoms with Gasteiger partial charge in [0.2, 0.25) is 11.8 Å². The van der Waals surface area contributed by atoms with Gasteiger partial charge in [0.25, 0.3) is 5.91 Å². The molecule has 0 saturated carbocycles. The van der Waals surface area contributed by atoms with Crippen molar-refractivity contribution < 1.29 is 24.5 Å².